The molecule has 2 aliphatic rings. The van der Waals surface area contributed by atoms with Gasteiger partial charge in [-0.25, -0.2) is 4.99 Å². The molecule has 2 aliphatic heterocycles. The van der Waals surface area contributed by atoms with Crippen LogP contribution in [-0.4, -0.2) is 54.2 Å². The Balaban J connectivity index is 1.95. The second kappa shape index (κ2) is 6.16. The molecule has 108 valence electrons. The Morgan fingerprint density at radius 1 is 1.15 bits per heavy atom. The molecule has 1 aromatic heterocycles. The van der Waals surface area contributed by atoms with Gasteiger partial charge in [-0.1, -0.05) is 11.6 Å². The SMILES string of the molecule is CN1CCCC(=Nc2nnc(Cl)c3c2CCOCC3)C1. The van der Waals surface area contributed by atoms with Gasteiger partial charge in [-0.05, 0) is 39.3 Å². The van der Waals surface area contributed by atoms with E-state index in [1.165, 1.54) is 5.71 Å². The van der Waals surface area contributed by atoms with E-state index >= 15 is 0 Å². The van der Waals surface area contributed by atoms with Gasteiger partial charge in [0.1, 0.15) is 0 Å². The summed E-state index contributed by atoms with van der Waals surface area (Å²) < 4.78 is 5.52. The molecule has 1 aromatic rings. The van der Waals surface area contributed by atoms with Gasteiger partial charge in [-0.3, -0.25) is 0 Å². The minimum atomic E-state index is 0.496. The number of fused-ring (bicyclic) bond motifs is 1. The van der Waals surface area contributed by atoms with Crippen molar-refractivity contribution < 1.29 is 4.74 Å². The van der Waals surface area contributed by atoms with Crippen LogP contribution in [0.4, 0.5) is 5.82 Å². The number of rotatable bonds is 1. The maximum absolute atomic E-state index is 6.17. The highest BCUT2D eigenvalue weighted by molar-refractivity contribution is 6.30. The van der Waals surface area contributed by atoms with E-state index in [2.05, 4.69) is 22.1 Å². The van der Waals surface area contributed by atoms with Gasteiger partial charge in [0.2, 0.25) is 0 Å². The molecule has 0 N–H and O–H groups in total. The Labute approximate surface area is 124 Å². The molecular formula is C14H19ClN4O. The van der Waals surface area contributed by atoms with E-state index in [9.17, 15) is 0 Å². The molecule has 0 unspecified atom stereocenters. The molecule has 0 amide bonds. The number of aromatic nitrogens is 2. The van der Waals surface area contributed by atoms with E-state index in [-0.39, 0.29) is 0 Å². The van der Waals surface area contributed by atoms with Crippen molar-refractivity contribution in [1.82, 2.24) is 15.1 Å². The summed E-state index contributed by atoms with van der Waals surface area (Å²) in [6.07, 6.45) is 3.80. The monoisotopic (exact) mass is 294 g/mol. The Kier molecular flexibility index (Phi) is 4.29. The molecule has 6 heteroatoms. The van der Waals surface area contributed by atoms with Gasteiger partial charge in [-0.2, -0.15) is 0 Å². The maximum Gasteiger partial charge on any atom is 0.178 e. The van der Waals surface area contributed by atoms with Crippen LogP contribution in [0.25, 0.3) is 0 Å². The first-order valence-electron chi connectivity index (χ1n) is 7.10. The fourth-order valence-electron chi connectivity index (χ4n) is 2.79. The molecular weight excluding hydrogens is 276 g/mol. The summed E-state index contributed by atoms with van der Waals surface area (Å²) in [6, 6.07) is 0. The minimum Gasteiger partial charge on any atom is -0.381 e. The second-order valence-electron chi connectivity index (χ2n) is 5.40. The van der Waals surface area contributed by atoms with Crippen LogP contribution in [0.15, 0.2) is 4.99 Å². The number of hydrogen-bond donors (Lipinski definition) is 0. The lowest BCUT2D eigenvalue weighted by Crippen LogP contribution is -2.32. The summed E-state index contributed by atoms with van der Waals surface area (Å²) in [6.45, 7) is 3.44. The summed E-state index contributed by atoms with van der Waals surface area (Å²) in [5.41, 5.74) is 3.36. The van der Waals surface area contributed by atoms with Gasteiger partial charge in [0, 0.05) is 23.4 Å². The first kappa shape index (κ1) is 13.9. The van der Waals surface area contributed by atoms with Crippen molar-refractivity contribution in [1.29, 1.82) is 0 Å². The zero-order valence-corrected chi connectivity index (χ0v) is 12.5. The average Bonchev–Trinajstić information content (AvgIpc) is 2.69. The first-order valence-corrected chi connectivity index (χ1v) is 7.48. The third-order valence-electron chi connectivity index (χ3n) is 3.83. The number of hydrogen-bond acceptors (Lipinski definition) is 5. The Morgan fingerprint density at radius 2 is 1.95 bits per heavy atom. The predicted octanol–water partition coefficient (Wildman–Crippen LogP) is 2.04. The highest BCUT2D eigenvalue weighted by atomic mass is 35.5. The second-order valence-corrected chi connectivity index (χ2v) is 5.76. The molecule has 1 saturated heterocycles. The number of halogens is 1. The summed E-state index contributed by atoms with van der Waals surface area (Å²) in [4.78, 5) is 7.04. The van der Waals surface area contributed by atoms with Crippen molar-refractivity contribution in [2.75, 3.05) is 33.4 Å². The molecule has 0 spiro atoms. The lowest BCUT2D eigenvalue weighted by molar-refractivity contribution is 0.146. The van der Waals surface area contributed by atoms with Crippen molar-refractivity contribution in [3.05, 3.63) is 16.3 Å². The Bertz CT molecular complexity index is 532. The van der Waals surface area contributed by atoms with Gasteiger partial charge < -0.3 is 9.64 Å². The van der Waals surface area contributed by atoms with Crippen LogP contribution < -0.4 is 0 Å². The number of piperidine rings is 1. The van der Waals surface area contributed by atoms with Gasteiger partial charge >= 0.3 is 0 Å². The molecule has 0 bridgehead atoms. The van der Waals surface area contributed by atoms with E-state index in [1.807, 2.05) is 0 Å². The molecule has 0 aromatic carbocycles. The molecule has 0 atom stereocenters. The third kappa shape index (κ3) is 3.00. The van der Waals surface area contributed by atoms with Crippen LogP contribution in [0.3, 0.4) is 0 Å². The highest BCUT2D eigenvalue weighted by Gasteiger charge is 2.19. The average molecular weight is 295 g/mol. The third-order valence-corrected chi connectivity index (χ3v) is 4.13. The molecule has 0 aliphatic carbocycles. The van der Waals surface area contributed by atoms with Gasteiger partial charge in [0.15, 0.2) is 11.0 Å². The highest BCUT2D eigenvalue weighted by Crippen LogP contribution is 2.28. The van der Waals surface area contributed by atoms with E-state index in [4.69, 9.17) is 21.3 Å². The van der Waals surface area contributed by atoms with Crippen molar-refractivity contribution in [2.45, 2.75) is 25.7 Å². The molecule has 3 rings (SSSR count). The van der Waals surface area contributed by atoms with Crippen LogP contribution in [0.2, 0.25) is 5.15 Å². The molecule has 3 heterocycles. The molecule has 0 saturated carbocycles. The van der Waals surface area contributed by atoms with E-state index in [1.54, 1.807) is 0 Å². The zero-order chi connectivity index (χ0) is 13.9. The predicted molar refractivity (Wildman–Crippen MR) is 79.1 cm³/mol. The van der Waals surface area contributed by atoms with Crippen molar-refractivity contribution in [2.24, 2.45) is 4.99 Å². The van der Waals surface area contributed by atoms with Crippen molar-refractivity contribution >= 4 is 23.1 Å². The van der Waals surface area contributed by atoms with Gasteiger partial charge in [0.05, 0.1) is 13.2 Å². The lowest BCUT2D eigenvalue weighted by Gasteiger charge is -2.23. The van der Waals surface area contributed by atoms with E-state index in [0.29, 0.717) is 18.4 Å². The van der Waals surface area contributed by atoms with E-state index < -0.39 is 0 Å². The molecule has 5 nitrogen and oxygen atoms in total. The summed E-state index contributed by atoms with van der Waals surface area (Å²) in [7, 11) is 2.12. The lowest BCUT2D eigenvalue weighted by atomic mass is 10.1. The maximum atomic E-state index is 6.17. The number of likely N-dealkylation sites (tertiary alicyclic amines) is 1. The Morgan fingerprint density at radius 3 is 2.75 bits per heavy atom. The fraction of sp³-hybridized carbons (Fsp3) is 0.643. The normalized spacial score (nSPS) is 22.6. The van der Waals surface area contributed by atoms with Crippen molar-refractivity contribution in [3.8, 4) is 0 Å². The van der Waals surface area contributed by atoms with Crippen LogP contribution in [0, 0.1) is 0 Å². The van der Waals surface area contributed by atoms with Crippen molar-refractivity contribution in [3.63, 3.8) is 0 Å². The van der Waals surface area contributed by atoms with Crippen LogP contribution >= 0.6 is 11.6 Å². The number of nitrogens with zero attached hydrogens (tertiary/aromatic N) is 4. The quantitative estimate of drug-likeness (QED) is 0.795. The van der Waals surface area contributed by atoms with Crippen LogP contribution in [0.5, 0.6) is 0 Å². The largest absolute Gasteiger partial charge is 0.381 e. The zero-order valence-electron chi connectivity index (χ0n) is 11.7. The topological polar surface area (TPSA) is 50.6 Å². The number of ether oxygens (including phenoxy) is 1. The van der Waals surface area contributed by atoms with E-state index in [0.717, 1.165) is 55.7 Å². The summed E-state index contributed by atoms with van der Waals surface area (Å²) in [5, 5.41) is 8.76. The first-order chi connectivity index (χ1) is 9.74. The minimum absolute atomic E-state index is 0.496. The molecule has 0 radical (unpaired) electrons. The molecule has 1 fully saturated rings. The Hall–Kier alpha value is -1.04. The number of aliphatic imine (C=N–C) groups is 1. The van der Waals surface area contributed by atoms with Crippen LogP contribution in [0.1, 0.15) is 24.0 Å². The standard InChI is InChI=1S/C14H19ClN4O/c1-19-6-2-3-10(9-19)16-14-12-5-8-20-7-4-11(12)13(15)17-18-14/h2-9H2,1H3. The smallest absolute Gasteiger partial charge is 0.178 e. The van der Waals surface area contributed by atoms with Crippen LogP contribution in [-0.2, 0) is 17.6 Å². The fourth-order valence-corrected chi connectivity index (χ4v) is 3.04. The van der Waals surface area contributed by atoms with Gasteiger partial charge in [-0.15, -0.1) is 10.2 Å². The summed E-state index contributed by atoms with van der Waals surface area (Å²) >= 11 is 6.17. The molecule has 20 heavy (non-hydrogen) atoms. The summed E-state index contributed by atoms with van der Waals surface area (Å²) in [5.74, 6) is 0.736. The van der Waals surface area contributed by atoms with Gasteiger partial charge in [0.25, 0.3) is 0 Å².